The highest BCUT2D eigenvalue weighted by Gasteiger charge is 2.19. The molecule has 7 heteroatoms. The van der Waals surface area contributed by atoms with Gasteiger partial charge in [0.15, 0.2) is 5.75 Å². The molecule has 0 saturated carbocycles. The van der Waals surface area contributed by atoms with Crippen LogP contribution in [-0.4, -0.2) is 14.4 Å². The Hall–Kier alpha value is -3.32. The topological polar surface area (TPSA) is 84.5 Å². The number of benzene rings is 3. The molecule has 0 atom stereocenters. The SMILES string of the molecule is Cc1ccc(S(=O)(=O)Oc2ccccc2NC(=O)Nc2ccccc2)cc1. The van der Waals surface area contributed by atoms with Gasteiger partial charge in [-0.15, -0.1) is 0 Å². The van der Waals surface area contributed by atoms with Crippen LogP contribution in [0.25, 0.3) is 0 Å². The fourth-order valence-electron chi connectivity index (χ4n) is 2.32. The molecule has 0 radical (unpaired) electrons. The molecule has 2 N–H and O–H groups in total. The molecule has 0 aliphatic heterocycles. The maximum Gasteiger partial charge on any atom is 0.339 e. The molecule has 0 aliphatic carbocycles. The zero-order valence-electron chi connectivity index (χ0n) is 14.5. The van der Waals surface area contributed by atoms with Gasteiger partial charge >= 0.3 is 16.1 Å². The van der Waals surface area contributed by atoms with Crippen LogP contribution in [-0.2, 0) is 10.1 Å². The molecular formula is C20H18N2O4S. The Labute approximate surface area is 157 Å². The maximum absolute atomic E-state index is 12.5. The number of aryl methyl sites for hydroxylation is 1. The lowest BCUT2D eigenvalue weighted by Crippen LogP contribution is -2.20. The van der Waals surface area contributed by atoms with Gasteiger partial charge in [-0.05, 0) is 43.3 Å². The van der Waals surface area contributed by atoms with Crippen molar-refractivity contribution >= 4 is 27.5 Å². The van der Waals surface area contributed by atoms with Gasteiger partial charge in [-0.1, -0.05) is 48.0 Å². The first-order chi connectivity index (χ1) is 12.9. The smallest absolute Gasteiger partial charge is 0.339 e. The monoisotopic (exact) mass is 382 g/mol. The first-order valence-electron chi connectivity index (χ1n) is 8.17. The predicted octanol–water partition coefficient (Wildman–Crippen LogP) is 4.41. The van der Waals surface area contributed by atoms with Gasteiger partial charge in [0.05, 0.1) is 5.69 Å². The third-order valence-corrected chi connectivity index (χ3v) is 4.92. The normalized spacial score (nSPS) is 10.9. The zero-order valence-corrected chi connectivity index (χ0v) is 15.4. The summed E-state index contributed by atoms with van der Waals surface area (Å²) in [6.45, 7) is 1.86. The van der Waals surface area contributed by atoms with Crippen LogP contribution in [0.15, 0.2) is 83.8 Å². The Kier molecular flexibility index (Phi) is 5.42. The van der Waals surface area contributed by atoms with Gasteiger partial charge in [0.2, 0.25) is 0 Å². The Morgan fingerprint density at radius 2 is 1.44 bits per heavy atom. The fraction of sp³-hybridized carbons (Fsp3) is 0.0500. The Morgan fingerprint density at radius 3 is 2.15 bits per heavy atom. The highest BCUT2D eigenvalue weighted by atomic mass is 32.2. The van der Waals surface area contributed by atoms with Crippen LogP contribution in [0.5, 0.6) is 5.75 Å². The third kappa shape index (κ3) is 4.86. The number of hydrogen-bond donors (Lipinski definition) is 2. The summed E-state index contributed by atoms with van der Waals surface area (Å²) in [6, 6.07) is 21.0. The van der Waals surface area contributed by atoms with Crippen molar-refractivity contribution in [3.05, 3.63) is 84.4 Å². The number of hydrogen-bond acceptors (Lipinski definition) is 4. The molecule has 0 aromatic heterocycles. The van der Waals surface area contributed by atoms with E-state index in [0.717, 1.165) is 5.56 Å². The maximum atomic E-state index is 12.5. The average Bonchev–Trinajstić information content (AvgIpc) is 2.64. The number of rotatable bonds is 5. The molecule has 0 bridgehead atoms. The molecule has 138 valence electrons. The van der Waals surface area contributed by atoms with Crippen LogP contribution in [0.1, 0.15) is 5.56 Å². The van der Waals surface area contributed by atoms with Crippen molar-refractivity contribution in [1.29, 1.82) is 0 Å². The van der Waals surface area contributed by atoms with Gasteiger partial charge in [0, 0.05) is 5.69 Å². The van der Waals surface area contributed by atoms with Crippen LogP contribution < -0.4 is 14.8 Å². The molecule has 0 heterocycles. The van der Waals surface area contributed by atoms with Crippen LogP contribution in [0.4, 0.5) is 16.2 Å². The molecule has 2 amide bonds. The minimum absolute atomic E-state index is 0.0290. The third-order valence-electron chi connectivity index (χ3n) is 3.68. The largest absolute Gasteiger partial charge is 0.377 e. The second-order valence-corrected chi connectivity index (χ2v) is 7.34. The Balaban J connectivity index is 1.77. The summed E-state index contributed by atoms with van der Waals surface area (Å²) >= 11 is 0. The van der Waals surface area contributed by atoms with Crippen molar-refractivity contribution in [2.45, 2.75) is 11.8 Å². The van der Waals surface area contributed by atoms with Crippen LogP contribution in [0.2, 0.25) is 0 Å². The zero-order chi connectivity index (χ0) is 19.3. The van der Waals surface area contributed by atoms with E-state index < -0.39 is 16.1 Å². The minimum Gasteiger partial charge on any atom is -0.377 e. The molecule has 0 spiro atoms. The molecule has 3 aromatic rings. The molecular weight excluding hydrogens is 364 g/mol. The van der Waals surface area contributed by atoms with Gasteiger partial charge in [-0.2, -0.15) is 8.42 Å². The second-order valence-electron chi connectivity index (χ2n) is 5.79. The van der Waals surface area contributed by atoms with E-state index in [1.54, 1.807) is 54.6 Å². The highest BCUT2D eigenvalue weighted by molar-refractivity contribution is 7.87. The summed E-state index contributed by atoms with van der Waals surface area (Å²) in [5, 5.41) is 5.27. The second kappa shape index (κ2) is 7.92. The van der Waals surface area contributed by atoms with E-state index in [1.165, 1.54) is 18.2 Å². The molecule has 0 fully saturated rings. The van der Waals surface area contributed by atoms with Crippen LogP contribution in [0, 0.1) is 6.92 Å². The number of para-hydroxylation sites is 3. The summed E-state index contributed by atoms with van der Waals surface area (Å²) < 4.78 is 30.2. The Morgan fingerprint density at radius 1 is 0.815 bits per heavy atom. The first-order valence-corrected chi connectivity index (χ1v) is 9.58. The quantitative estimate of drug-likeness (QED) is 0.640. The highest BCUT2D eigenvalue weighted by Crippen LogP contribution is 2.27. The molecule has 6 nitrogen and oxygen atoms in total. The van der Waals surface area contributed by atoms with E-state index in [4.69, 9.17) is 4.18 Å². The average molecular weight is 382 g/mol. The van der Waals surface area contributed by atoms with Crippen molar-refractivity contribution in [1.82, 2.24) is 0 Å². The van der Waals surface area contributed by atoms with Gasteiger partial charge in [0.1, 0.15) is 4.90 Å². The number of amides is 2. The van der Waals surface area contributed by atoms with E-state index >= 15 is 0 Å². The van der Waals surface area contributed by atoms with Gasteiger partial charge in [-0.3, -0.25) is 0 Å². The van der Waals surface area contributed by atoms with Gasteiger partial charge in [0.25, 0.3) is 0 Å². The van der Waals surface area contributed by atoms with Crippen LogP contribution >= 0.6 is 0 Å². The summed E-state index contributed by atoms with van der Waals surface area (Å²) in [5.41, 5.74) is 1.79. The predicted molar refractivity (Wildman–Crippen MR) is 105 cm³/mol. The molecule has 0 saturated heterocycles. The lowest BCUT2D eigenvalue weighted by molar-refractivity contribution is 0.262. The molecule has 3 rings (SSSR count). The standard InChI is InChI=1S/C20H18N2O4S/c1-15-11-13-17(14-12-15)27(24,25)26-19-10-6-5-9-18(19)22-20(23)21-16-7-3-2-4-8-16/h2-14H,1H3,(H2,21,22,23). The van der Waals surface area contributed by atoms with Crippen molar-refractivity contribution in [2.75, 3.05) is 10.6 Å². The van der Waals surface area contributed by atoms with E-state index in [2.05, 4.69) is 10.6 Å². The summed E-state index contributed by atoms with van der Waals surface area (Å²) in [4.78, 5) is 12.2. The minimum atomic E-state index is -4.02. The lowest BCUT2D eigenvalue weighted by Gasteiger charge is -2.13. The summed E-state index contributed by atoms with van der Waals surface area (Å²) in [6.07, 6.45) is 0. The van der Waals surface area contributed by atoms with E-state index in [0.29, 0.717) is 5.69 Å². The van der Waals surface area contributed by atoms with Crippen molar-refractivity contribution < 1.29 is 17.4 Å². The van der Waals surface area contributed by atoms with E-state index in [1.807, 2.05) is 13.0 Å². The van der Waals surface area contributed by atoms with Gasteiger partial charge < -0.3 is 14.8 Å². The van der Waals surface area contributed by atoms with Crippen LogP contribution in [0.3, 0.4) is 0 Å². The summed E-state index contributed by atoms with van der Waals surface area (Å²) in [7, 11) is -4.02. The number of anilines is 2. The Bertz CT molecular complexity index is 1030. The number of urea groups is 1. The van der Waals surface area contributed by atoms with E-state index in [-0.39, 0.29) is 16.3 Å². The number of nitrogens with one attached hydrogen (secondary N) is 2. The van der Waals surface area contributed by atoms with Crippen molar-refractivity contribution in [2.24, 2.45) is 0 Å². The lowest BCUT2D eigenvalue weighted by atomic mass is 10.2. The fourth-order valence-corrected chi connectivity index (χ4v) is 3.27. The number of carbonyl (C=O) groups excluding carboxylic acids is 1. The van der Waals surface area contributed by atoms with Crippen molar-refractivity contribution in [3.8, 4) is 5.75 Å². The molecule has 0 unspecified atom stereocenters. The van der Waals surface area contributed by atoms with E-state index in [9.17, 15) is 13.2 Å². The number of carbonyl (C=O) groups is 1. The summed E-state index contributed by atoms with van der Waals surface area (Å²) in [5.74, 6) is 0.0290. The molecule has 3 aromatic carbocycles. The first kappa shape index (κ1) is 18.5. The molecule has 0 aliphatic rings. The van der Waals surface area contributed by atoms with Gasteiger partial charge in [-0.25, -0.2) is 4.79 Å². The van der Waals surface area contributed by atoms with Crippen molar-refractivity contribution in [3.63, 3.8) is 0 Å². The molecule has 27 heavy (non-hydrogen) atoms.